The predicted octanol–water partition coefficient (Wildman–Crippen LogP) is -0.198. The lowest BCUT2D eigenvalue weighted by Gasteiger charge is -2.25. The van der Waals surface area contributed by atoms with Gasteiger partial charge in [0.1, 0.15) is 12.1 Å². The minimum atomic E-state index is -1.18. The summed E-state index contributed by atoms with van der Waals surface area (Å²) in [7, 11) is 0. The Morgan fingerprint density at radius 1 is 1.12 bits per heavy atom. The van der Waals surface area contributed by atoms with Gasteiger partial charge >= 0.3 is 5.97 Å². The number of nitrogens with one attached hydrogen (secondary N) is 3. The summed E-state index contributed by atoms with van der Waals surface area (Å²) in [6.07, 6.45) is 2.59. The number of carbonyl (C=O) groups is 3. The normalized spacial score (nSPS) is 13.8. The molecule has 11 nitrogen and oxygen atoms in total. The van der Waals surface area contributed by atoms with Crippen LogP contribution in [0.1, 0.15) is 32.3 Å². The fourth-order valence-electron chi connectivity index (χ4n) is 3.45. The Hall–Kier alpha value is -3.60. The third kappa shape index (κ3) is 7.49. The molecule has 0 bridgehead atoms. The number of aliphatic imine (C=N–C) groups is 1. The maximum absolute atomic E-state index is 12.8. The number of hydrogen-bond acceptors (Lipinski definition) is 5. The van der Waals surface area contributed by atoms with Gasteiger partial charge in [-0.05, 0) is 36.8 Å². The zero-order valence-electron chi connectivity index (χ0n) is 18.9. The van der Waals surface area contributed by atoms with Gasteiger partial charge in [-0.1, -0.05) is 32.0 Å². The van der Waals surface area contributed by atoms with Crippen molar-refractivity contribution in [2.75, 3.05) is 6.54 Å². The van der Waals surface area contributed by atoms with Crippen LogP contribution in [0, 0.1) is 5.92 Å². The number of aromatic amines is 1. The van der Waals surface area contributed by atoms with Gasteiger partial charge in [0, 0.05) is 23.6 Å². The average molecular weight is 460 g/mol. The van der Waals surface area contributed by atoms with Crippen LogP contribution in [0.4, 0.5) is 0 Å². The molecule has 2 amide bonds. The number of carboxylic acid groups (broad SMARTS) is 1. The van der Waals surface area contributed by atoms with Gasteiger partial charge in [-0.2, -0.15) is 0 Å². The summed E-state index contributed by atoms with van der Waals surface area (Å²) in [5, 5.41) is 15.6. The molecule has 0 spiro atoms. The molecule has 1 heterocycles. The maximum atomic E-state index is 12.8. The number of nitrogens with zero attached hydrogens (tertiary/aromatic N) is 1. The first-order chi connectivity index (χ1) is 15.6. The highest BCUT2D eigenvalue weighted by molar-refractivity contribution is 5.92. The standard InChI is InChI=1S/C22H33N7O4/c1-12(2)18(20(31)28-17(21(32)33)8-5-9-26-22(24)25)29-19(30)15(23)10-13-11-27-16-7-4-3-6-14(13)16/h3-4,6-7,11-12,15,17-18,27H,5,8-10,23H2,1-2H3,(H,28,31)(H,29,30)(H,32,33)(H4,24,25,26). The number of rotatable bonds is 12. The van der Waals surface area contributed by atoms with Crippen molar-refractivity contribution in [3.63, 3.8) is 0 Å². The Kier molecular flexibility index (Phi) is 9.22. The number of para-hydroxylation sites is 1. The highest BCUT2D eigenvalue weighted by Gasteiger charge is 2.30. The number of H-pyrrole nitrogens is 1. The topological polar surface area (TPSA) is 202 Å². The van der Waals surface area contributed by atoms with Crippen LogP contribution in [0.5, 0.6) is 0 Å². The molecule has 0 aliphatic rings. The molecule has 0 saturated heterocycles. The number of aromatic nitrogens is 1. The number of carbonyl (C=O) groups excluding carboxylic acids is 2. The van der Waals surface area contributed by atoms with E-state index in [9.17, 15) is 19.5 Å². The van der Waals surface area contributed by atoms with Crippen LogP contribution in [0.25, 0.3) is 10.9 Å². The van der Waals surface area contributed by atoms with E-state index < -0.39 is 35.9 Å². The highest BCUT2D eigenvalue weighted by atomic mass is 16.4. The molecule has 33 heavy (non-hydrogen) atoms. The van der Waals surface area contributed by atoms with E-state index in [-0.39, 0.29) is 31.3 Å². The Balaban J connectivity index is 1.99. The number of fused-ring (bicyclic) bond motifs is 1. The number of guanidine groups is 1. The number of aliphatic carboxylic acids is 1. The van der Waals surface area contributed by atoms with Crippen LogP contribution in [0.15, 0.2) is 35.5 Å². The molecule has 10 N–H and O–H groups in total. The number of amides is 2. The van der Waals surface area contributed by atoms with E-state index in [4.69, 9.17) is 17.2 Å². The van der Waals surface area contributed by atoms with Crippen LogP contribution in [-0.4, -0.2) is 58.5 Å². The molecule has 2 aromatic rings. The van der Waals surface area contributed by atoms with Gasteiger partial charge in [0.15, 0.2) is 5.96 Å². The number of carboxylic acids is 1. The van der Waals surface area contributed by atoms with E-state index in [1.54, 1.807) is 13.8 Å². The molecule has 0 fully saturated rings. The third-order valence-corrected chi connectivity index (χ3v) is 5.26. The molecule has 0 aliphatic heterocycles. The summed E-state index contributed by atoms with van der Waals surface area (Å²) in [5.74, 6) is -2.64. The first-order valence-electron chi connectivity index (χ1n) is 10.8. The summed E-state index contributed by atoms with van der Waals surface area (Å²) in [6, 6.07) is 4.73. The zero-order chi connectivity index (χ0) is 24.5. The second-order valence-electron chi connectivity index (χ2n) is 8.25. The summed E-state index contributed by atoms with van der Waals surface area (Å²) >= 11 is 0. The minimum Gasteiger partial charge on any atom is -0.480 e. The van der Waals surface area contributed by atoms with Crippen molar-refractivity contribution >= 4 is 34.6 Å². The summed E-state index contributed by atoms with van der Waals surface area (Å²) < 4.78 is 0. The molecule has 11 heteroatoms. The zero-order valence-corrected chi connectivity index (χ0v) is 18.9. The molecule has 0 radical (unpaired) electrons. The van der Waals surface area contributed by atoms with Gasteiger partial charge < -0.3 is 37.9 Å². The van der Waals surface area contributed by atoms with E-state index in [0.717, 1.165) is 16.5 Å². The van der Waals surface area contributed by atoms with E-state index in [2.05, 4.69) is 20.6 Å². The van der Waals surface area contributed by atoms with Gasteiger partial charge in [-0.3, -0.25) is 14.6 Å². The lowest BCUT2D eigenvalue weighted by molar-refractivity contribution is -0.142. The van der Waals surface area contributed by atoms with Gasteiger partial charge in [-0.25, -0.2) is 4.79 Å². The predicted molar refractivity (Wildman–Crippen MR) is 126 cm³/mol. The van der Waals surface area contributed by atoms with Crippen LogP contribution < -0.4 is 27.8 Å². The number of hydrogen-bond donors (Lipinski definition) is 7. The number of benzene rings is 1. The average Bonchev–Trinajstić information content (AvgIpc) is 3.16. The van der Waals surface area contributed by atoms with Crippen molar-refractivity contribution in [3.05, 3.63) is 36.0 Å². The largest absolute Gasteiger partial charge is 0.480 e. The van der Waals surface area contributed by atoms with Crippen molar-refractivity contribution in [2.45, 2.75) is 51.2 Å². The fourth-order valence-corrected chi connectivity index (χ4v) is 3.45. The second-order valence-corrected chi connectivity index (χ2v) is 8.25. The molecule has 1 aromatic carbocycles. The first-order valence-corrected chi connectivity index (χ1v) is 10.8. The van der Waals surface area contributed by atoms with Crippen LogP contribution in [0.2, 0.25) is 0 Å². The second kappa shape index (κ2) is 11.9. The van der Waals surface area contributed by atoms with Gasteiger partial charge in [0.2, 0.25) is 11.8 Å². The molecule has 0 saturated carbocycles. The Morgan fingerprint density at radius 2 is 1.82 bits per heavy atom. The van der Waals surface area contributed by atoms with E-state index in [1.807, 2.05) is 30.5 Å². The van der Waals surface area contributed by atoms with E-state index in [0.29, 0.717) is 6.42 Å². The van der Waals surface area contributed by atoms with Crippen molar-refractivity contribution in [1.82, 2.24) is 15.6 Å². The van der Waals surface area contributed by atoms with E-state index >= 15 is 0 Å². The van der Waals surface area contributed by atoms with E-state index in [1.165, 1.54) is 0 Å². The highest BCUT2D eigenvalue weighted by Crippen LogP contribution is 2.19. The molecule has 2 rings (SSSR count). The lowest BCUT2D eigenvalue weighted by atomic mass is 10.0. The van der Waals surface area contributed by atoms with Crippen molar-refractivity contribution < 1.29 is 19.5 Å². The molecule has 0 aliphatic carbocycles. The van der Waals surface area contributed by atoms with Gasteiger partial charge in [0.25, 0.3) is 0 Å². The smallest absolute Gasteiger partial charge is 0.326 e. The van der Waals surface area contributed by atoms with Crippen LogP contribution >= 0.6 is 0 Å². The molecule has 3 atom stereocenters. The summed E-state index contributed by atoms with van der Waals surface area (Å²) in [4.78, 5) is 44.0. The molecule has 180 valence electrons. The lowest BCUT2D eigenvalue weighted by Crippen LogP contribution is -2.56. The quantitative estimate of drug-likeness (QED) is 0.129. The summed E-state index contributed by atoms with van der Waals surface area (Å²) in [5.41, 5.74) is 18.5. The fraction of sp³-hybridized carbons (Fsp3) is 0.455. The Bertz CT molecular complexity index is 998. The SMILES string of the molecule is CC(C)C(NC(=O)C(N)Cc1c[nH]c2ccccc12)C(=O)NC(CCCN=C(N)N)C(=O)O. The van der Waals surface area contributed by atoms with Crippen molar-refractivity contribution in [3.8, 4) is 0 Å². The number of nitrogens with two attached hydrogens (primary N) is 3. The summed E-state index contributed by atoms with van der Waals surface area (Å²) in [6.45, 7) is 3.75. The van der Waals surface area contributed by atoms with Crippen LogP contribution in [0.3, 0.4) is 0 Å². The molecule has 1 aromatic heterocycles. The first kappa shape index (κ1) is 25.7. The van der Waals surface area contributed by atoms with Gasteiger partial charge in [-0.15, -0.1) is 0 Å². The minimum absolute atomic E-state index is 0.0857. The third-order valence-electron chi connectivity index (χ3n) is 5.26. The molecule has 3 unspecified atom stereocenters. The Morgan fingerprint density at radius 3 is 2.45 bits per heavy atom. The monoisotopic (exact) mass is 459 g/mol. The van der Waals surface area contributed by atoms with Crippen molar-refractivity contribution in [1.29, 1.82) is 0 Å². The van der Waals surface area contributed by atoms with Crippen molar-refractivity contribution in [2.24, 2.45) is 28.1 Å². The molecular formula is C22H33N7O4. The maximum Gasteiger partial charge on any atom is 0.326 e. The Labute approximate surface area is 192 Å². The van der Waals surface area contributed by atoms with Crippen LogP contribution in [-0.2, 0) is 20.8 Å². The molecular weight excluding hydrogens is 426 g/mol. The van der Waals surface area contributed by atoms with Gasteiger partial charge in [0.05, 0.1) is 6.04 Å².